The normalized spacial score (nSPS) is 10.8. The fourth-order valence-corrected chi connectivity index (χ4v) is 2.48. The number of rotatable bonds is 3. The lowest BCUT2D eigenvalue weighted by molar-refractivity contribution is 0.415. The number of methoxy groups -OCH3 is 1. The van der Waals surface area contributed by atoms with Crippen LogP contribution in [-0.2, 0) is 13.6 Å². The molecule has 1 aromatic carbocycles. The van der Waals surface area contributed by atoms with Crippen LogP contribution in [-0.4, -0.2) is 16.7 Å². The molecule has 19 heavy (non-hydrogen) atoms. The second kappa shape index (κ2) is 5.05. The molecular weight excluding hydrogens is 238 g/mol. The number of benzene rings is 1. The topological polar surface area (TPSA) is 53.1 Å². The van der Waals surface area contributed by atoms with Crippen LogP contribution in [0.4, 0.5) is 0 Å². The Kier molecular flexibility index (Phi) is 3.62. The molecule has 4 heteroatoms. The number of hydrogen-bond acceptors (Lipinski definition) is 3. The molecule has 0 spiro atoms. The third kappa shape index (κ3) is 2.24. The maximum Gasteiger partial charge on any atom is 0.128 e. The van der Waals surface area contributed by atoms with Gasteiger partial charge in [0.05, 0.1) is 18.5 Å². The summed E-state index contributed by atoms with van der Waals surface area (Å²) in [5.74, 6) is 1.81. The molecule has 0 aliphatic rings. The average Bonchev–Trinajstić information content (AvgIpc) is 2.63. The van der Waals surface area contributed by atoms with E-state index in [0.717, 1.165) is 34.1 Å². The van der Waals surface area contributed by atoms with Gasteiger partial charge >= 0.3 is 0 Å². The van der Waals surface area contributed by atoms with Gasteiger partial charge in [0.15, 0.2) is 0 Å². The molecule has 2 N–H and O–H groups in total. The van der Waals surface area contributed by atoms with Crippen molar-refractivity contribution in [3.8, 4) is 17.0 Å². The van der Waals surface area contributed by atoms with Crippen molar-refractivity contribution in [1.82, 2.24) is 9.55 Å². The number of imidazole rings is 1. The zero-order valence-electron chi connectivity index (χ0n) is 12.2. The second-order valence-corrected chi connectivity index (χ2v) is 4.88. The zero-order valence-corrected chi connectivity index (χ0v) is 12.2. The van der Waals surface area contributed by atoms with E-state index in [-0.39, 0.29) is 0 Å². The summed E-state index contributed by atoms with van der Waals surface area (Å²) in [5, 5.41) is 0. The fourth-order valence-electron chi connectivity index (χ4n) is 2.48. The molecule has 102 valence electrons. The Balaban J connectivity index is 2.75. The molecule has 0 fully saturated rings. The standard InChI is InChI=1S/C15H21N3O/c1-9-6-10(2)14(13(7-9)19-5)15-12(8-16)18(4)11(3)17-15/h6-7H,8,16H2,1-5H3. The van der Waals surface area contributed by atoms with Gasteiger partial charge in [-0.25, -0.2) is 4.98 Å². The highest BCUT2D eigenvalue weighted by molar-refractivity contribution is 5.73. The molecule has 0 amide bonds. The van der Waals surface area contributed by atoms with Crippen molar-refractivity contribution < 1.29 is 4.74 Å². The van der Waals surface area contributed by atoms with E-state index in [1.54, 1.807) is 7.11 Å². The smallest absolute Gasteiger partial charge is 0.128 e. The molecule has 0 aliphatic heterocycles. The maximum absolute atomic E-state index is 5.87. The predicted octanol–water partition coefficient (Wildman–Crippen LogP) is 2.48. The Morgan fingerprint density at radius 3 is 2.53 bits per heavy atom. The van der Waals surface area contributed by atoms with Gasteiger partial charge in [0.1, 0.15) is 11.6 Å². The van der Waals surface area contributed by atoms with Gasteiger partial charge in [-0.3, -0.25) is 0 Å². The Morgan fingerprint density at radius 2 is 1.95 bits per heavy atom. The SMILES string of the molecule is COc1cc(C)cc(C)c1-c1nc(C)n(C)c1CN. The van der Waals surface area contributed by atoms with E-state index >= 15 is 0 Å². The second-order valence-electron chi connectivity index (χ2n) is 4.88. The first-order valence-corrected chi connectivity index (χ1v) is 6.37. The van der Waals surface area contributed by atoms with Crippen LogP contribution in [0.2, 0.25) is 0 Å². The molecule has 0 radical (unpaired) electrons. The molecule has 1 aromatic heterocycles. The fraction of sp³-hybridized carbons (Fsp3) is 0.400. The lowest BCUT2D eigenvalue weighted by atomic mass is 10.0. The molecule has 2 rings (SSSR count). The lowest BCUT2D eigenvalue weighted by Crippen LogP contribution is -2.06. The molecule has 0 bridgehead atoms. The summed E-state index contributed by atoms with van der Waals surface area (Å²) in [6, 6.07) is 4.18. The molecule has 0 saturated carbocycles. The predicted molar refractivity (Wildman–Crippen MR) is 77.3 cm³/mol. The summed E-state index contributed by atoms with van der Waals surface area (Å²) in [4.78, 5) is 4.65. The van der Waals surface area contributed by atoms with Gasteiger partial charge < -0.3 is 15.0 Å². The van der Waals surface area contributed by atoms with Crippen molar-refractivity contribution in [2.45, 2.75) is 27.3 Å². The van der Waals surface area contributed by atoms with Gasteiger partial charge in [0, 0.05) is 19.2 Å². The number of nitrogens with two attached hydrogens (primary N) is 1. The Hall–Kier alpha value is -1.81. The molecular formula is C15H21N3O. The van der Waals surface area contributed by atoms with Gasteiger partial charge in [-0.1, -0.05) is 6.07 Å². The van der Waals surface area contributed by atoms with Crippen molar-refractivity contribution in [2.75, 3.05) is 7.11 Å². The molecule has 0 unspecified atom stereocenters. The molecule has 0 aliphatic carbocycles. The first-order chi connectivity index (χ1) is 8.99. The van der Waals surface area contributed by atoms with Gasteiger partial charge in [0.25, 0.3) is 0 Å². The minimum atomic E-state index is 0.461. The van der Waals surface area contributed by atoms with Crippen molar-refractivity contribution in [3.63, 3.8) is 0 Å². The van der Waals surface area contributed by atoms with Gasteiger partial charge in [-0.2, -0.15) is 0 Å². The number of nitrogens with zero attached hydrogens (tertiary/aromatic N) is 2. The Labute approximate surface area is 114 Å². The van der Waals surface area contributed by atoms with Crippen LogP contribution in [0.15, 0.2) is 12.1 Å². The van der Waals surface area contributed by atoms with E-state index < -0.39 is 0 Å². The summed E-state index contributed by atoms with van der Waals surface area (Å²) in [6.07, 6.45) is 0. The van der Waals surface area contributed by atoms with Crippen molar-refractivity contribution in [3.05, 3.63) is 34.8 Å². The number of aryl methyl sites for hydroxylation is 3. The van der Waals surface area contributed by atoms with Crippen LogP contribution in [0.1, 0.15) is 22.6 Å². The van der Waals surface area contributed by atoms with Crippen LogP contribution in [0.3, 0.4) is 0 Å². The summed E-state index contributed by atoms with van der Waals surface area (Å²) in [5.41, 5.74) is 11.2. The summed E-state index contributed by atoms with van der Waals surface area (Å²) in [6.45, 7) is 6.59. The van der Waals surface area contributed by atoms with Crippen molar-refractivity contribution in [2.24, 2.45) is 12.8 Å². The third-order valence-corrected chi connectivity index (χ3v) is 3.53. The number of ether oxygens (including phenoxy) is 1. The first kappa shape index (κ1) is 13.6. The molecule has 1 heterocycles. The summed E-state index contributed by atoms with van der Waals surface area (Å²) >= 11 is 0. The minimum absolute atomic E-state index is 0.461. The van der Waals surface area contributed by atoms with E-state index in [4.69, 9.17) is 10.5 Å². The van der Waals surface area contributed by atoms with Crippen LogP contribution in [0.25, 0.3) is 11.3 Å². The average molecular weight is 259 g/mol. The van der Waals surface area contributed by atoms with E-state index in [2.05, 4.69) is 24.9 Å². The van der Waals surface area contributed by atoms with E-state index in [1.165, 1.54) is 5.56 Å². The van der Waals surface area contributed by atoms with Gasteiger partial charge in [0.2, 0.25) is 0 Å². The Morgan fingerprint density at radius 1 is 1.26 bits per heavy atom. The molecule has 0 atom stereocenters. The van der Waals surface area contributed by atoms with Crippen molar-refractivity contribution >= 4 is 0 Å². The highest BCUT2D eigenvalue weighted by atomic mass is 16.5. The van der Waals surface area contributed by atoms with Gasteiger partial charge in [-0.05, 0) is 38.0 Å². The molecule has 4 nitrogen and oxygen atoms in total. The Bertz CT molecular complexity index is 614. The number of hydrogen-bond donors (Lipinski definition) is 1. The van der Waals surface area contributed by atoms with Crippen LogP contribution >= 0.6 is 0 Å². The van der Waals surface area contributed by atoms with E-state index in [9.17, 15) is 0 Å². The monoisotopic (exact) mass is 259 g/mol. The lowest BCUT2D eigenvalue weighted by Gasteiger charge is -2.13. The van der Waals surface area contributed by atoms with E-state index in [0.29, 0.717) is 6.54 Å². The van der Waals surface area contributed by atoms with E-state index in [1.807, 2.05) is 24.6 Å². The first-order valence-electron chi connectivity index (χ1n) is 6.37. The highest BCUT2D eigenvalue weighted by Crippen LogP contribution is 2.35. The number of aromatic nitrogens is 2. The summed E-state index contributed by atoms with van der Waals surface area (Å²) < 4.78 is 7.56. The van der Waals surface area contributed by atoms with Crippen LogP contribution < -0.4 is 10.5 Å². The maximum atomic E-state index is 5.87. The van der Waals surface area contributed by atoms with Crippen LogP contribution in [0, 0.1) is 20.8 Å². The highest BCUT2D eigenvalue weighted by Gasteiger charge is 2.18. The van der Waals surface area contributed by atoms with Gasteiger partial charge in [-0.15, -0.1) is 0 Å². The zero-order chi connectivity index (χ0) is 14.2. The largest absolute Gasteiger partial charge is 0.496 e. The third-order valence-electron chi connectivity index (χ3n) is 3.53. The molecule has 0 saturated heterocycles. The van der Waals surface area contributed by atoms with Crippen LogP contribution in [0.5, 0.6) is 5.75 Å². The molecule has 2 aromatic rings. The van der Waals surface area contributed by atoms with Crippen molar-refractivity contribution in [1.29, 1.82) is 0 Å². The quantitative estimate of drug-likeness (QED) is 0.921. The summed E-state index contributed by atoms with van der Waals surface area (Å²) in [7, 11) is 3.68. The minimum Gasteiger partial charge on any atom is -0.496 e.